The van der Waals surface area contributed by atoms with Crippen LogP contribution in [0.3, 0.4) is 0 Å². The lowest BCUT2D eigenvalue weighted by molar-refractivity contribution is -0.133. The zero-order chi connectivity index (χ0) is 22.7. The van der Waals surface area contributed by atoms with E-state index in [9.17, 15) is 13.6 Å². The highest BCUT2D eigenvalue weighted by Crippen LogP contribution is 2.29. The average molecular weight is 444 g/mol. The monoisotopic (exact) mass is 444 g/mol. The van der Waals surface area contributed by atoms with Gasteiger partial charge >= 0.3 is 0 Å². The van der Waals surface area contributed by atoms with Crippen LogP contribution in [0.25, 0.3) is 0 Å². The van der Waals surface area contributed by atoms with Gasteiger partial charge in [-0.05, 0) is 31.9 Å². The fourth-order valence-electron chi connectivity index (χ4n) is 4.13. The van der Waals surface area contributed by atoms with Crippen molar-refractivity contribution in [1.29, 1.82) is 0 Å². The number of aromatic nitrogens is 3. The van der Waals surface area contributed by atoms with E-state index >= 15 is 0 Å². The Morgan fingerprint density at radius 2 is 2.16 bits per heavy atom. The van der Waals surface area contributed by atoms with Crippen LogP contribution in [0.15, 0.2) is 40.9 Å². The van der Waals surface area contributed by atoms with Crippen LogP contribution in [0.2, 0.25) is 0 Å². The molecule has 1 aliphatic rings. The Hall–Kier alpha value is -3.23. The van der Waals surface area contributed by atoms with Crippen molar-refractivity contribution in [2.45, 2.75) is 45.1 Å². The van der Waals surface area contributed by atoms with Gasteiger partial charge in [0.1, 0.15) is 23.7 Å². The number of likely N-dealkylation sites (tertiary alicyclic amines) is 1. The van der Waals surface area contributed by atoms with Gasteiger partial charge in [-0.3, -0.25) is 9.48 Å². The second kappa shape index (κ2) is 9.50. The molecule has 0 bridgehead atoms. The molecule has 0 saturated carbocycles. The zero-order valence-corrected chi connectivity index (χ0v) is 18.1. The van der Waals surface area contributed by atoms with Crippen molar-refractivity contribution in [2.75, 3.05) is 20.2 Å². The number of hydrogen-bond donors (Lipinski definition) is 0. The number of alkyl halides is 2. The molecule has 1 fully saturated rings. The number of benzene rings is 1. The smallest absolute Gasteiger partial charge is 0.280 e. The van der Waals surface area contributed by atoms with Gasteiger partial charge in [-0.15, -0.1) is 0 Å². The molecule has 1 saturated heterocycles. The maximum absolute atomic E-state index is 13.2. The molecule has 1 aromatic carbocycles. The lowest BCUT2D eigenvalue weighted by Gasteiger charge is -2.31. The molecule has 1 atom stereocenters. The van der Waals surface area contributed by atoms with Crippen LogP contribution in [0.1, 0.15) is 53.8 Å². The summed E-state index contributed by atoms with van der Waals surface area (Å²) in [6.07, 6.45) is 1.24. The summed E-state index contributed by atoms with van der Waals surface area (Å²) in [5.74, 6) is 1.84. The summed E-state index contributed by atoms with van der Waals surface area (Å²) < 4.78 is 38.9. The third-order valence-corrected chi connectivity index (χ3v) is 5.69. The van der Waals surface area contributed by atoms with Crippen molar-refractivity contribution in [2.24, 2.45) is 0 Å². The lowest BCUT2D eigenvalue weighted by atomic mass is 9.98. The number of carbonyl (C=O) groups excluding carboxylic acids is 1. The van der Waals surface area contributed by atoms with E-state index in [1.807, 2.05) is 24.3 Å². The second-order valence-corrected chi connectivity index (χ2v) is 8.00. The topological polar surface area (TPSA) is 73.4 Å². The highest BCUT2D eigenvalue weighted by molar-refractivity contribution is 5.76. The summed E-state index contributed by atoms with van der Waals surface area (Å²) >= 11 is 0. The third kappa shape index (κ3) is 4.81. The van der Waals surface area contributed by atoms with Gasteiger partial charge in [0.05, 0.1) is 24.9 Å². The van der Waals surface area contributed by atoms with Crippen LogP contribution in [-0.4, -0.2) is 45.8 Å². The molecule has 3 heterocycles. The molecule has 2 aromatic heterocycles. The lowest BCUT2D eigenvalue weighted by Crippen LogP contribution is -2.41. The van der Waals surface area contributed by atoms with E-state index in [1.54, 1.807) is 25.1 Å². The molecule has 0 spiro atoms. The number of carbonyl (C=O) groups is 1. The van der Waals surface area contributed by atoms with Gasteiger partial charge in [-0.1, -0.05) is 18.2 Å². The molecule has 0 aliphatic carbocycles. The first-order valence-electron chi connectivity index (χ1n) is 10.6. The molecule has 32 heavy (non-hydrogen) atoms. The van der Waals surface area contributed by atoms with Gasteiger partial charge < -0.3 is 14.1 Å². The summed E-state index contributed by atoms with van der Waals surface area (Å²) in [6.45, 7) is 2.45. The minimum atomic E-state index is -2.67. The number of rotatable bonds is 7. The predicted octanol–water partition coefficient (Wildman–Crippen LogP) is 4.12. The van der Waals surface area contributed by atoms with Crippen LogP contribution in [0.5, 0.6) is 5.75 Å². The second-order valence-electron chi connectivity index (χ2n) is 8.00. The average Bonchev–Trinajstić information content (AvgIpc) is 3.40. The van der Waals surface area contributed by atoms with Crippen LogP contribution in [-0.2, 0) is 17.8 Å². The van der Waals surface area contributed by atoms with Crippen molar-refractivity contribution < 1.29 is 22.7 Å². The maximum Gasteiger partial charge on any atom is 0.280 e. The zero-order valence-electron chi connectivity index (χ0n) is 18.1. The molecule has 1 amide bonds. The maximum atomic E-state index is 13.2. The van der Waals surface area contributed by atoms with Crippen LogP contribution >= 0.6 is 0 Å². The Labute approximate surface area is 185 Å². The number of methoxy groups -OCH3 is 1. The van der Waals surface area contributed by atoms with Gasteiger partial charge in [0, 0.05) is 25.1 Å². The number of amides is 1. The van der Waals surface area contributed by atoms with Crippen molar-refractivity contribution in [3.05, 3.63) is 65.1 Å². The largest absolute Gasteiger partial charge is 0.496 e. The van der Waals surface area contributed by atoms with Crippen LogP contribution in [0, 0.1) is 6.92 Å². The van der Waals surface area contributed by atoms with Crippen molar-refractivity contribution in [3.63, 3.8) is 0 Å². The normalized spacial score (nSPS) is 16.5. The Bertz CT molecular complexity index is 1080. The van der Waals surface area contributed by atoms with E-state index in [1.165, 1.54) is 6.07 Å². The van der Waals surface area contributed by atoms with Crippen molar-refractivity contribution >= 4 is 5.91 Å². The Morgan fingerprint density at radius 1 is 1.34 bits per heavy atom. The standard InChI is InChI=1S/C23H26F2N4O3/c1-15-10-19(22(24)25)29(27-15)14-21(30)28-9-5-7-17(13-28)23-26-12-18(32-23)11-16-6-3-4-8-20(16)31-2/h3-4,6,8,10,12,17,22H,5,7,9,11,13-14H2,1-2H3/t17-/m0/s1. The summed E-state index contributed by atoms with van der Waals surface area (Å²) in [5.41, 5.74) is 1.23. The van der Waals surface area contributed by atoms with E-state index in [4.69, 9.17) is 9.15 Å². The van der Waals surface area contributed by atoms with Crippen molar-refractivity contribution in [3.8, 4) is 5.75 Å². The number of oxazole rings is 1. The van der Waals surface area contributed by atoms with Crippen molar-refractivity contribution in [1.82, 2.24) is 19.7 Å². The summed E-state index contributed by atoms with van der Waals surface area (Å²) in [6, 6.07) is 9.05. The molecule has 0 N–H and O–H groups in total. The number of piperidine rings is 1. The number of halogens is 2. The molecule has 4 rings (SSSR count). The molecule has 0 radical (unpaired) electrons. The highest BCUT2D eigenvalue weighted by Gasteiger charge is 2.29. The summed E-state index contributed by atoms with van der Waals surface area (Å²) in [7, 11) is 1.63. The summed E-state index contributed by atoms with van der Waals surface area (Å²) in [4.78, 5) is 18.9. The number of nitrogens with zero attached hydrogens (tertiary/aromatic N) is 4. The van der Waals surface area contributed by atoms with Gasteiger partial charge in [0.2, 0.25) is 5.91 Å². The van der Waals surface area contributed by atoms with E-state index in [2.05, 4.69) is 10.1 Å². The molecule has 0 unspecified atom stereocenters. The molecular weight excluding hydrogens is 418 g/mol. The first-order chi connectivity index (χ1) is 15.4. The number of ether oxygens (including phenoxy) is 1. The number of hydrogen-bond acceptors (Lipinski definition) is 5. The van der Waals surface area contributed by atoms with E-state index in [0.29, 0.717) is 31.1 Å². The Balaban J connectivity index is 1.42. The first kappa shape index (κ1) is 22.0. The van der Waals surface area contributed by atoms with Crippen LogP contribution in [0.4, 0.5) is 8.78 Å². The minimum Gasteiger partial charge on any atom is -0.496 e. The van der Waals surface area contributed by atoms with Gasteiger partial charge in [0.25, 0.3) is 6.43 Å². The molecular formula is C23H26F2N4O3. The SMILES string of the molecule is COc1ccccc1Cc1cnc([C@H]2CCCN(C(=O)Cn3nc(C)cc3C(F)F)C2)o1. The molecule has 170 valence electrons. The Kier molecular flexibility index (Phi) is 6.53. The van der Waals surface area contributed by atoms with Gasteiger partial charge in [-0.25, -0.2) is 13.8 Å². The molecule has 7 nitrogen and oxygen atoms in total. The minimum absolute atomic E-state index is 0.0342. The Morgan fingerprint density at radius 3 is 2.94 bits per heavy atom. The molecule has 3 aromatic rings. The third-order valence-electron chi connectivity index (χ3n) is 5.69. The molecule has 1 aliphatic heterocycles. The highest BCUT2D eigenvalue weighted by atomic mass is 19.3. The van der Waals surface area contributed by atoms with Crippen LogP contribution < -0.4 is 4.74 Å². The number of aryl methyl sites for hydroxylation is 1. The fourth-order valence-corrected chi connectivity index (χ4v) is 4.13. The fraction of sp³-hybridized carbons (Fsp3) is 0.435. The van der Waals surface area contributed by atoms with E-state index in [-0.39, 0.29) is 24.1 Å². The quantitative estimate of drug-likeness (QED) is 0.548. The molecule has 9 heteroatoms. The van der Waals surface area contributed by atoms with Gasteiger partial charge in [0.15, 0.2) is 5.89 Å². The first-order valence-corrected chi connectivity index (χ1v) is 10.6. The van der Waals surface area contributed by atoms with E-state index in [0.717, 1.165) is 34.6 Å². The predicted molar refractivity (Wildman–Crippen MR) is 113 cm³/mol. The van der Waals surface area contributed by atoms with E-state index < -0.39 is 6.43 Å². The van der Waals surface area contributed by atoms with Gasteiger partial charge in [-0.2, -0.15) is 5.10 Å². The number of para-hydroxylation sites is 1. The summed E-state index contributed by atoms with van der Waals surface area (Å²) in [5, 5.41) is 4.05.